The molecule has 0 bridgehead atoms. The van der Waals surface area contributed by atoms with Gasteiger partial charge in [0, 0.05) is 25.6 Å². The monoisotopic (exact) mass is 280 g/mol. The molecule has 2 heterocycles. The topological polar surface area (TPSA) is 101 Å². The molecular weight excluding hydrogens is 260 g/mol. The SMILES string of the molecule is CCCNc1nc(NC2CCC(=O)NC2)nc(OC)n1. The largest absolute Gasteiger partial charge is 0.467 e. The number of aromatic nitrogens is 3. The van der Waals surface area contributed by atoms with Crippen molar-refractivity contribution in [2.45, 2.75) is 32.2 Å². The van der Waals surface area contributed by atoms with Gasteiger partial charge in [-0.25, -0.2) is 0 Å². The molecule has 3 N–H and O–H groups in total. The Kier molecular flexibility index (Phi) is 4.91. The van der Waals surface area contributed by atoms with Gasteiger partial charge in [-0.1, -0.05) is 6.92 Å². The van der Waals surface area contributed by atoms with Crippen LogP contribution in [0.1, 0.15) is 26.2 Å². The van der Waals surface area contributed by atoms with Gasteiger partial charge >= 0.3 is 6.01 Å². The normalized spacial score (nSPS) is 18.3. The summed E-state index contributed by atoms with van der Waals surface area (Å²) in [4.78, 5) is 23.7. The Morgan fingerprint density at radius 1 is 1.35 bits per heavy atom. The molecule has 0 radical (unpaired) electrons. The van der Waals surface area contributed by atoms with Crippen molar-refractivity contribution < 1.29 is 9.53 Å². The number of rotatable bonds is 6. The van der Waals surface area contributed by atoms with Crippen molar-refractivity contribution in [3.8, 4) is 6.01 Å². The minimum Gasteiger partial charge on any atom is -0.467 e. The van der Waals surface area contributed by atoms with E-state index >= 15 is 0 Å². The fourth-order valence-corrected chi connectivity index (χ4v) is 1.87. The van der Waals surface area contributed by atoms with Crippen molar-refractivity contribution in [1.82, 2.24) is 20.3 Å². The lowest BCUT2D eigenvalue weighted by atomic mass is 10.1. The fourth-order valence-electron chi connectivity index (χ4n) is 1.87. The van der Waals surface area contributed by atoms with Gasteiger partial charge in [0.1, 0.15) is 0 Å². The van der Waals surface area contributed by atoms with Gasteiger partial charge in [-0.2, -0.15) is 15.0 Å². The van der Waals surface area contributed by atoms with Gasteiger partial charge in [-0.15, -0.1) is 0 Å². The van der Waals surface area contributed by atoms with Crippen LogP contribution >= 0.6 is 0 Å². The van der Waals surface area contributed by atoms with E-state index in [-0.39, 0.29) is 18.0 Å². The van der Waals surface area contributed by atoms with E-state index in [1.165, 1.54) is 7.11 Å². The molecule has 8 nitrogen and oxygen atoms in total. The molecule has 110 valence electrons. The third-order valence-corrected chi connectivity index (χ3v) is 2.93. The predicted octanol–water partition coefficient (Wildman–Crippen LogP) is 0.393. The molecule has 8 heteroatoms. The summed E-state index contributed by atoms with van der Waals surface area (Å²) in [6.07, 6.45) is 2.25. The Morgan fingerprint density at radius 3 is 2.80 bits per heavy atom. The van der Waals surface area contributed by atoms with Gasteiger partial charge in [0.15, 0.2) is 0 Å². The second-order valence-electron chi connectivity index (χ2n) is 4.58. The van der Waals surface area contributed by atoms with Crippen LogP contribution in [-0.4, -0.2) is 47.1 Å². The van der Waals surface area contributed by atoms with E-state index in [0.29, 0.717) is 24.9 Å². The Hall–Kier alpha value is -2.12. The van der Waals surface area contributed by atoms with Gasteiger partial charge in [0.25, 0.3) is 0 Å². The first-order valence-electron chi connectivity index (χ1n) is 6.78. The summed E-state index contributed by atoms with van der Waals surface area (Å²) in [6.45, 7) is 3.42. The number of ether oxygens (including phenoxy) is 1. The Morgan fingerprint density at radius 2 is 2.15 bits per heavy atom. The van der Waals surface area contributed by atoms with Gasteiger partial charge < -0.3 is 20.7 Å². The molecule has 1 saturated heterocycles. The van der Waals surface area contributed by atoms with Gasteiger partial charge in [0.2, 0.25) is 17.8 Å². The lowest BCUT2D eigenvalue weighted by molar-refractivity contribution is -0.122. The Bertz CT molecular complexity index is 457. The number of carbonyl (C=O) groups excluding carboxylic acids is 1. The van der Waals surface area contributed by atoms with E-state index in [1.54, 1.807) is 0 Å². The van der Waals surface area contributed by atoms with Crippen LogP contribution in [0.25, 0.3) is 0 Å². The molecule has 0 spiro atoms. The third kappa shape index (κ3) is 3.94. The average Bonchev–Trinajstić information content (AvgIpc) is 2.47. The number of carbonyl (C=O) groups is 1. The van der Waals surface area contributed by atoms with E-state index in [0.717, 1.165) is 19.4 Å². The molecule has 20 heavy (non-hydrogen) atoms. The smallest absolute Gasteiger partial charge is 0.322 e. The summed E-state index contributed by atoms with van der Waals surface area (Å²) in [6, 6.07) is 0.389. The molecule has 0 aliphatic carbocycles. The highest BCUT2D eigenvalue weighted by molar-refractivity contribution is 5.76. The molecule has 1 aromatic heterocycles. The summed E-state index contributed by atoms with van der Waals surface area (Å²) >= 11 is 0. The summed E-state index contributed by atoms with van der Waals surface area (Å²) in [7, 11) is 1.52. The molecular formula is C12H20N6O2. The Balaban J connectivity index is 2.03. The first-order valence-corrected chi connectivity index (χ1v) is 6.78. The molecule has 2 rings (SSSR count). The first-order chi connectivity index (χ1) is 9.71. The van der Waals surface area contributed by atoms with Gasteiger partial charge in [0.05, 0.1) is 7.11 Å². The van der Waals surface area contributed by atoms with Crippen LogP contribution in [0.2, 0.25) is 0 Å². The van der Waals surface area contributed by atoms with Crippen molar-refractivity contribution in [2.75, 3.05) is 30.8 Å². The Labute approximate surface area is 117 Å². The molecule has 1 aromatic rings. The number of methoxy groups -OCH3 is 1. The summed E-state index contributed by atoms with van der Waals surface area (Å²) in [5.41, 5.74) is 0. The highest BCUT2D eigenvalue weighted by Crippen LogP contribution is 2.14. The number of hydrogen-bond acceptors (Lipinski definition) is 7. The molecule has 0 saturated carbocycles. The molecule has 1 atom stereocenters. The summed E-state index contributed by atoms with van der Waals surface area (Å²) in [5.74, 6) is 1.03. The molecule has 1 amide bonds. The van der Waals surface area contributed by atoms with Crippen molar-refractivity contribution >= 4 is 17.8 Å². The van der Waals surface area contributed by atoms with Crippen LogP contribution in [0, 0.1) is 0 Å². The number of nitrogens with zero attached hydrogens (tertiary/aromatic N) is 3. The highest BCUT2D eigenvalue weighted by atomic mass is 16.5. The number of piperidine rings is 1. The zero-order valence-corrected chi connectivity index (χ0v) is 11.8. The lowest BCUT2D eigenvalue weighted by Gasteiger charge is -2.23. The van der Waals surface area contributed by atoms with Gasteiger partial charge in [-0.3, -0.25) is 4.79 Å². The van der Waals surface area contributed by atoms with Crippen LogP contribution < -0.4 is 20.7 Å². The number of amides is 1. The minimum absolute atomic E-state index is 0.0848. The van der Waals surface area contributed by atoms with Crippen LogP contribution in [-0.2, 0) is 4.79 Å². The average molecular weight is 280 g/mol. The summed E-state index contributed by atoms with van der Waals surface area (Å²) < 4.78 is 5.07. The molecule has 1 aliphatic rings. The predicted molar refractivity (Wildman–Crippen MR) is 74.8 cm³/mol. The summed E-state index contributed by atoms with van der Waals surface area (Å²) in [5, 5.41) is 9.11. The third-order valence-electron chi connectivity index (χ3n) is 2.93. The maximum absolute atomic E-state index is 11.1. The lowest BCUT2D eigenvalue weighted by Crippen LogP contribution is -2.42. The van der Waals surface area contributed by atoms with Gasteiger partial charge in [-0.05, 0) is 12.8 Å². The number of anilines is 2. The number of hydrogen-bond donors (Lipinski definition) is 3. The maximum atomic E-state index is 11.1. The standard InChI is InChI=1S/C12H20N6O2/c1-3-6-13-10-16-11(18-12(17-10)20-2)15-8-4-5-9(19)14-7-8/h8H,3-7H2,1-2H3,(H,14,19)(H2,13,15,16,17,18). The van der Waals surface area contributed by atoms with E-state index in [2.05, 4.69) is 37.8 Å². The van der Waals surface area contributed by atoms with E-state index in [1.807, 2.05) is 0 Å². The van der Waals surface area contributed by atoms with Crippen LogP contribution in [0.5, 0.6) is 6.01 Å². The molecule has 1 fully saturated rings. The van der Waals surface area contributed by atoms with Crippen LogP contribution in [0.4, 0.5) is 11.9 Å². The highest BCUT2D eigenvalue weighted by Gasteiger charge is 2.19. The minimum atomic E-state index is 0.0848. The van der Waals surface area contributed by atoms with Crippen molar-refractivity contribution in [3.63, 3.8) is 0 Å². The fraction of sp³-hybridized carbons (Fsp3) is 0.667. The zero-order chi connectivity index (χ0) is 14.4. The van der Waals surface area contributed by atoms with E-state index in [4.69, 9.17) is 4.74 Å². The number of nitrogens with one attached hydrogen (secondary N) is 3. The first kappa shape index (κ1) is 14.3. The maximum Gasteiger partial charge on any atom is 0.322 e. The second kappa shape index (κ2) is 6.88. The van der Waals surface area contributed by atoms with E-state index in [9.17, 15) is 4.79 Å². The molecule has 1 aliphatic heterocycles. The zero-order valence-electron chi connectivity index (χ0n) is 11.8. The van der Waals surface area contributed by atoms with Crippen molar-refractivity contribution in [1.29, 1.82) is 0 Å². The van der Waals surface area contributed by atoms with Crippen LogP contribution in [0.15, 0.2) is 0 Å². The molecule has 1 unspecified atom stereocenters. The van der Waals surface area contributed by atoms with E-state index < -0.39 is 0 Å². The quantitative estimate of drug-likeness (QED) is 0.693. The molecule has 0 aromatic carbocycles. The van der Waals surface area contributed by atoms with Crippen LogP contribution in [0.3, 0.4) is 0 Å². The second-order valence-corrected chi connectivity index (χ2v) is 4.58. The van der Waals surface area contributed by atoms with Crippen molar-refractivity contribution in [2.24, 2.45) is 0 Å². The van der Waals surface area contributed by atoms with Crippen molar-refractivity contribution in [3.05, 3.63) is 0 Å².